The van der Waals surface area contributed by atoms with Crippen LogP contribution < -0.4 is 0 Å². The topological polar surface area (TPSA) is 95.2 Å². The van der Waals surface area contributed by atoms with Crippen molar-refractivity contribution in [3.63, 3.8) is 0 Å². The zero-order valence-electron chi connectivity index (χ0n) is 11.5. The summed E-state index contributed by atoms with van der Waals surface area (Å²) in [5.41, 5.74) is 2.50. The van der Waals surface area contributed by atoms with Crippen LogP contribution in [0, 0.1) is 45.3 Å². The third kappa shape index (κ3) is 2.17. The van der Waals surface area contributed by atoms with Crippen molar-refractivity contribution in [3.05, 3.63) is 57.0 Å². The minimum absolute atomic E-state index is 0.0684. The molecule has 0 radical (unpaired) electrons. The van der Waals surface area contributed by atoms with Gasteiger partial charge in [-0.25, -0.2) is 0 Å². The Bertz CT molecular complexity index is 828. The quantitative estimate of drug-likeness (QED) is 0.586. The van der Waals surface area contributed by atoms with Gasteiger partial charge in [0.1, 0.15) is 35.4 Å². The lowest BCUT2D eigenvalue weighted by Crippen LogP contribution is -1.91. The predicted molar refractivity (Wildman–Crippen MR) is 84.4 cm³/mol. The molecule has 1 aliphatic rings. The minimum Gasteiger partial charge on any atom is -0.192 e. The SMILES string of the molecule is CC(S)=C1C(=C(C#N)C#N)c2ccccc2C1=C(C#N)C#N. The Hall–Kier alpha value is -3.25. The van der Waals surface area contributed by atoms with E-state index < -0.39 is 0 Å². The van der Waals surface area contributed by atoms with Crippen LogP contribution in [0.3, 0.4) is 0 Å². The number of benzene rings is 1. The summed E-state index contributed by atoms with van der Waals surface area (Å²) in [6.07, 6.45) is 0. The number of nitrogens with zero attached hydrogens (tertiary/aromatic N) is 4. The number of hydrogen-bond donors (Lipinski definition) is 1. The van der Waals surface area contributed by atoms with Crippen molar-refractivity contribution in [2.75, 3.05) is 0 Å². The highest BCUT2D eigenvalue weighted by Gasteiger charge is 2.32. The maximum Gasteiger partial charge on any atom is 0.138 e. The van der Waals surface area contributed by atoms with Gasteiger partial charge in [-0.2, -0.15) is 21.0 Å². The number of allylic oxidation sites excluding steroid dienone is 6. The molecule has 0 spiro atoms. The van der Waals surface area contributed by atoms with Crippen LogP contribution in [0.2, 0.25) is 0 Å². The summed E-state index contributed by atoms with van der Waals surface area (Å²) in [6.45, 7) is 1.70. The smallest absolute Gasteiger partial charge is 0.138 e. The molecule has 22 heavy (non-hydrogen) atoms. The van der Waals surface area contributed by atoms with Gasteiger partial charge in [0.2, 0.25) is 0 Å². The second-order valence-corrected chi connectivity index (χ2v) is 5.12. The summed E-state index contributed by atoms with van der Waals surface area (Å²) in [6, 6.07) is 14.6. The highest BCUT2D eigenvalue weighted by molar-refractivity contribution is 7.84. The Kier molecular flexibility index (Phi) is 4.15. The van der Waals surface area contributed by atoms with E-state index in [4.69, 9.17) is 0 Å². The molecule has 0 saturated carbocycles. The molecule has 1 aliphatic carbocycles. The van der Waals surface area contributed by atoms with E-state index in [1.807, 2.05) is 24.3 Å². The Morgan fingerprint density at radius 1 is 0.773 bits per heavy atom. The lowest BCUT2D eigenvalue weighted by Gasteiger charge is -2.06. The fourth-order valence-corrected chi connectivity index (χ4v) is 2.69. The zero-order chi connectivity index (χ0) is 16.3. The molecule has 1 aromatic rings. The number of hydrogen-bond acceptors (Lipinski definition) is 5. The predicted octanol–water partition coefficient (Wildman–Crippen LogP) is 3.51. The lowest BCUT2D eigenvalue weighted by molar-refractivity contribution is 1.45. The summed E-state index contributed by atoms with van der Waals surface area (Å²) in [4.78, 5) is 0.534. The molecular formula is C17H8N4S. The standard InChI is InChI=1S/C17H8N4S/c1-10(22)15-16(11(6-18)7-19)13-4-2-3-5-14(13)17(15)12(8-20)9-21/h2-5,22H,1H3. The van der Waals surface area contributed by atoms with Gasteiger partial charge >= 0.3 is 0 Å². The lowest BCUT2D eigenvalue weighted by atomic mass is 9.96. The van der Waals surface area contributed by atoms with Crippen molar-refractivity contribution in [3.8, 4) is 24.3 Å². The van der Waals surface area contributed by atoms with Crippen LogP contribution in [0.25, 0.3) is 11.1 Å². The van der Waals surface area contributed by atoms with Crippen LogP contribution in [-0.4, -0.2) is 0 Å². The van der Waals surface area contributed by atoms with Gasteiger partial charge in [0.15, 0.2) is 0 Å². The molecule has 0 atom stereocenters. The number of fused-ring (bicyclic) bond motifs is 1. The zero-order valence-corrected chi connectivity index (χ0v) is 12.4. The Labute approximate surface area is 133 Å². The molecule has 5 heteroatoms. The van der Waals surface area contributed by atoms with Crippen molar-refractivity contribution >= 4 is 23.8 Å². The second-order valence-electron chi connectivity index (χ2n) is 4.45. The van der Waals surface area contributed by atoms with E-state index in [0.29, 0.717) is 32.8 Å². The molecule has 4 nitrogen and oxygen atoms in total. The minimum atomic E-state index is -0.0684. The molecule has 0 fully saturated rings. The third-order valence-corrected chi connectivity index (χ3v) is 3.50. The molecule has 1 aromatic carbocycles. The van der Waals surface area contributed by atoms with E-state index in [2.05, 4.69) is 12.6 Å². The third-order valence-electron chi connectivity index (χ3n) is 3.27. The van der Waals surface area contributed by atoms with Crippen molar-refractivity contribution in [1.82, 2.24) is 0 Å². The molecule has 0 heterocycles. The maximum absolute atomic E-state index is 9.23. The van der Waals surface area contributed by atoms with Gasteiger partial charge in [-0.1, -0.05) is 24.3 Å². The average molecular weight is 300 g/mol. The van der Waals surface area contributed by atoms with E-state index in [1.165, 1.54) is 0 Å². The molecule has 0 bridgehead atoms. The van der Waals surface area contributed by atoms with E-state index in [0.717, 1.165) is 0 Å². The molecular weight excluding hydrogens is 292 g/mol. The fourth-order valence-electron chi connectivity index (χ4n) is 2.47. The highest BCUT2D eigenvalue weighted by atomic mass is 32.1. The van der Waals surface area contributed by atoms with Crippen LogP contribution in [0.5, 0.6) is 0 Å². The largest absolute Gasteiger partial charge is 0.192 e. The van der Waals surface area contributed by atoms with Crippen molar-refractivity contribution in [1.29, 1.82) is 21.0 Å². The summed E-state index contributed by atoms with van der Waals surface area (Å²) in [5.74, 6) is 0. The second kappa shape index (κ2) is 6.02. The summed E-state index contributed by atoms with van der Waals surface area (Å²) < 4.78 is 0. The molecule has 0 N–H and O–H groups in total. The Balaban J connectivity index is 3.11. The monoisotopic (exact) mass is 300 g/mol. The molecule has 2 rings (SSSR count). The maximum atomic E-state index is 9.23. The van der Waals surface area contributed by atoms with Crippen LogP contribution in [-0.2, 0) is 0 Å². The molecule has 0 amide bonds. The first kappa shape index (κ1) is 15.1. The number of rotatable bonds is 0. The molecule has 0 aromatic heterocycles. The van der Waals surface area contributed by atoms with Gasteiger partial charge in [0.05, 0.1) is 0 Å². The first-order chi connectivity index (χ1) is 10.6. The van der Waals surface area contributed by atoms with Gasteiger partial charge in [-0.3, -0.25) is 0 Å². The van der Waals surface area contributed by atoms with Gasteiger partial charge in [-0.15, -0.1) is 12.6 Å². The highest BCUT2D eigenvalue weighted by Crippen LogP contribution is 2.49. The number of thiol groups is 1. The van der Waals surface area contributed by atoms with Crippen molar-refractivity contribution < 1.29 is 0 Å². The van der Waals surface area contributed by atoms with Gasteiger partial charge in [-0.05, 0) is 23.0 Å². The van der Waals surface area contributed by atoms with Crippen molar-refractivity contribution in [2.24, 2.45) is 0 Å². The van der Waals surface area contributed by atoms with E-state index in [1.54, 1.807) is 31.2 Å². The van der Waals surface area contributed by atoms with Crippen LogP contribution >= 0.6 is 12.6 Å². The van der Waals surface area contributed by atoms with Gasteiger partial charge < -0.3 is 0 Å². The van der Waals surface area contributed by atoms with E-state index in [-0.39, 0.29) is 11.1 Å². The molecule has 0 unspecified atom stereocenters. The molecule has 0 saturated heterocycles. The number of nitriles is 4. The Morgan fingerprint density at radius 2 is 1.14 bits per heavy atom. The normalized spacial score (nSPS) is 11.6. The average Bonchev–Trinajstić information content (AvgIpc) is 2.86. The fraction of sp³-hybridized carbons (Fsp3) is 0.0588. The van der Waals surface area contributed by atoms with E-state index >= 15 is 0 Å². The first-order valence-corrected chi connectivity index (χ1v) is 6.64. The van der Waals surface area contributed by atoms with Crippen LogP contribution in [0.4, 0.5) is 0 Å². The van der Waals surface area contributed by atoms with E-state index in [9.17, 15) is 21.0 Å². The molecule has 102 valence electrons. The van der Waals surface area contributed by atoms with Crippen LogP contribution in [0.15, 0.2) is 45.9 Å². The van der Waals surface area contributed by atoms with Crippen molar-refractivity contribution in [2.45, 2.75) is 6.92 Å². The van der Waals surface area contributed by atoms with Gasteiger partial charge in [0, 0.05) is 16.7 Å². The molecule has 0 aliphatic heterocycles. The van der Waals surface area contributed by atoms with Crippen LogP contribution in [0.1, 0.15) is 18.1 Å². The summed E-state index contributed by atoms with van der Waals surface area (Å²) in [5, 5.41) is 36.9. The summed E-state index contributed by atoms with van der Waals surface area (Å²) in [7, 11) is 0. The van der Waals surface area contributed by atoms with Gasteiger partial charge in [0.25, 0.3) is 0 Å². The Morgan fingerprint density at radius 3 is 1.41 bits per heavy atom. The summed E-state index contributed by atoms with van der Waals surface area (Å²) >= 11 is 4.33. The first-order valence-electron chi connectivity index (χ1n) is 6.20.